The second-order valence-corrected chi connectivity index (χ2v) is 8.36. The molecule has 0 radical (unpaired) electrons. The van der Waals surface area contributed by atoms with Crippen molar-refractivity contribution >= 4 is 17.3 Å². The molecule has 2 aromatic rings. The summed E-state index contributed by atoms with van der Waals surface area (Å²) in [4.78, 5) is 4.62. The summed E-state index contributed by atoms with van der Waals surface area (Å²) in [7, 11) is 4.74. The zero-order chi connectivity index (χ0) is 23.1. The van der Waals surface area contributed by atoms with Crippen molar-refractivity contribution in [1.29, 1.82) is 0 Å². The highest BCUT2D eigenvalue weighted by Gasteiger charge is 2.21. The number of piperazine rings is 1. The topological polar surface area (TPSA) is 63.6 Å². The van der Waals surface area contributed by atoms with Gasteiger partial charge in [-0.2, -0.15) is 0 Å². The van der Waals surface area contributed by atoms with Crippen LogP contribution in [0.25, 0.3) is 0 Å². The summed E-state index contributed by atoms with van der Waals surface area (Å²) in [5, 5.41) is 11.2. The van der Waals surface area contributed by atoms with Gasteiger partial charge in [0, 0.05) is 43.4 Å². The first-order chi connectivity index (χ1) is 15.4. The quantitative estimate of drug-likeness (QED) is 0.578. The van der Waals surface area contributed by atoms with E-state index in [0.717, 1.165) is 36.8 Å². The molecular weight excluding hydrogens is 432 g/mol. The SMILES string of the molecule is COc1cc(COC[C@H](O)CN2CCN(c3cc(Cl)ccc3C)CC2)cc(OC)c1OC. The number of rotatable bonds is 10. The van der Waals surface area contributed by atoms with Crippen molar-refractivity contribution in [3.63, 3.8) is 0 Å². The lowest BCUT2D eigenvalue weighted by atomic mass is 10.1. The number of aliphatic hydroxyl groups excluding tert-OH is 1. The molecule has 1 atom stereocenters. The standard InChI is InChI=1S/C24H33ClN2O5/c1-17-5-6-19(25)13-21(17)27-9-7-26(8-10-27)14-20(28)16-32-15-18-11-22(29-2)24(31-4)23(12-18)30-3/h5-6,11-13,20,28H,7-10,14-16H2,1-4H3/t20-/m1/s1. The largest absolute Gasteiger partial charge is 0.493 e. The van der Waals surface area contributed by atoms with Crippen LogP contribution in [0.5, 0.6) is 17.2 Å². The molecule has 0 bridgehead atoms. The lowest BCUT2D eigenvalue weighted by molar-refractivity contribution is 0.00905. The Bertz CT molecular complexity index is 862. The fourth-order valence-electron chi connectivity index (χ4n) is 3.98. The van der Waals surface area contributed by atoms with E-state index < -0.39 is 6.10 Å². The Balaban J connectivity index is 1.45. The van der Waals surface area contributed by atoms with Gasteiger partial charge < -0.3 is 29.0 Å². The zero-order valence-electron chi connectivity index (χ0n) is 19.3. The maximum absolute atomic E-state index is 10.5. The minimum absolute atomic E-state index is 0.254. The van der Waals surface area contributed by atoms with Crippen molar-refractivity contribution in [2.45, 2.75) is 19.6 Å². The first-order valence-electron chi connectivity index (χ1n) is 10.7. The number of β-amino-alcohol motifs (C(OH)–C–C–N with tert-alkyl or cyclic N) is 1. The number of hydrogen-bond acceptors (Lipinski definition) is 7. The van der Waals surface area contributed by atoms with E-state index >= 15 is 0 Å². The Morgan fingerprint density at radius 3 is 2.22 bits per heavy atom. The minimum atomic E-state index is -0.559. The van der Waals surface area contributed by atoms with E-state index in [2.05, 4.69) is 22.8 Å². The van der Waals surface area contributed by atoms with Gasteiger partial charge in [-0.25, -0.2) is 0 Å². The van der Waals surface area contributed by atoms with Gasteiger partial charge >= 0.3 is 0 Å². The van der Waals surface area contributed by atoms with Crippen LogP contribution in [0.1, 0.15) is 11.1 Å². The van der Waals surface area contributed by atoms with Gasteiger partial charge in [-0.15, -0.1) is 0 Å². The van der Waals surface area contributed by atoms with Gasteiger partial charge in [0.2, 0.25) is 5.75 Å². The summed E-state index contributed by atoms with van der Waals surface area (Å²) >= 11 is 6.17. The molecule has 0 aromatic heterocycles. The van der Waals surface area contributed by atoms with Gasteiger partial charge in [0.15, 0.2) is 11.5 Å². The molecule has 2 aromatic carbocycles. The van der Waals surface area contributed by atoms with Crippen molar-refractivity contribution in [2.24, 2.45) is 0 Å². The summed E-state index contributed by atoms with van der Waals surface area (Å²) in [6.45, 7) is 6.86. The van der Waals surface area contributed by atoms with Gasteiger partial charge in [-0.1, -0.05) is 17.7 Å². The third-order valence-electron chi connectivity index (χ3n) is 5.66. The van der Waals surface area contributed by atoms with Crippen molar-refractivity contribution < 1.29 is 24.1 Å². The molecule has 1 saturated heterocycles. The van der Waals surface area contributed by atoms with Crippen LogP contribution >= 0.6 is 11.6 Å². The van der Waals surface area contributed by atoms with E-state index in [0.29, 0.717) is 30.4 Å². The van der Waals surface area contributed by atoms with Crippen LogP contribution in [0, 0.1) is 6.92 Å². The predicted molar refractivity (Wildman–Crippen MR) is 127 cm³/mol. The maximum atomic E-state index is 10.5. The van der Waals surface area contributed by atoms with Crippen molar-refractivity contribution in [1.82, 2.24) is 4.90 Å². The molecule has 0 unspecified atom stereocenters. The van der Waals surface area contributed by atoms with Gasteiger partial charge in [0.05, 0.1) is 40.6 Å². The Hall–Kier alpha value is -2.19. The number of aryl methyl sites for hydroxylation is 1. The minimum Gasteiger partial charge on any atom is -0.493 e. The second-order valence-electron chi connectivity index (χ2n) is 7.92. The highest BCUT2D eigenvalue weighted by Crippen LogP contribution is 2.38. The molecule has 1 N–H and O–H groups in total. The van der Waals surface area contributed by atoms with Crippen LogP contribution in [-0.2, 0) is 11.3 Å². The molecule has 1 aliphatic heterocycles. The average molecular weight is 465 g/mol. The van der Waals surface area contributed by atoms with E-state index in [4.69, 9.17) is 30.5 Å². The normalized spacial score (nSPS) is 15.5. The van der Waals surface area contributed by atoms with Crippen LogP contribution in [-0.4, -0.2) is 76.8 Å². The summed E-state index contributed by atoms with van der Waals surface area (Å²) in [5.74, 6) is 1.71. The summed E-state index contributed by atoms with van der Waals surface area (Å²) < 4.78 is 21.9. The highest BCUT2D eigenvalue weighted by atomic mass is 35.5. The molecular formula is C24H33ClN2O5. The molecule has 3 rings (SSSR count). The number of ether oxygens (including phenoxy) is 4. The van der Waals surface area contributed by atoms with Gasteiger partial charge in [0.1, 0.15) is 0 Å². The third kappa shape index (κ3) is 6.19. The molecule has 7 nitrogen and oxygen atoms in total. The lowest BCUT2D eigenvalue weighted by Crippen LogP contribution is -2.49. The number of halogens is 1. The molecule has 0 saturated carbocycles. The fraction of sp³-hybridized carbons (Fsp3) is 0.500. The van der Waals surface area contributed by atoms with Crippen LogP contribution in [0.3, 0.4) is 0 Å². The van der Waals surface area contributed by atoms with Crippen LogP contribution in [0.15, 0.2) is 30.3 Å². The Labute approximate surface area is 195 Å². The predicted octanol–water partition coefficient (Wildman–Crippen LogP) is 3.37. The van der Waals surface area contributed by atoms with E-state index in [1.54, 1.807) is 21.3 Å². The van der Waals surface area contributed by atoms with Crippen molar-refractivity contribution in [3.8, 4) is 17.2 Å². The molecule has 1 fully saturated rings. The Morgan fingerprint density at radius 1 is 0.969 bits per heavy atom. The lowest BCUT2D eigenvalue weighted by Gasteiger charge is -2.37. The van der Waals surface area contributed by atoms with Gasteiger partial charge in [0.25, 0.3) is 0 Å². The first kappa shape index (κ1) is 24.5. The summed E-state index contributed by atoms with van der Waals surface area (Å²) in [5.41, 5.74) is 3.30. The average Bonchev–Trinajstić information content (AvgIpc) is 2.80. The van der Waals surface area contributed by atoms with Crippen LogP contribution < -0.4 is 19.1 Å². The smallest absolute Gasteiger partial charge is 0.203 e. The van der Waals surface area contributed by atoms with E-state index in [-0.39, 0.29) is 6.61 Å². The molecule has 1 heterocycles. The van der Waals surface area contributed by atoms with E-state index in [1.165, 1.54) is 11.3 Å². The summed E-state index contributed by atoms with van der Waals surface area (Å²) in [6.07, 6.45) is -0.559. The highest BCUT2D eigenvalue weighted by molar-refractivity contribution is 6.30. The maximum Gasteiger partial charge on any atom is 0.203 e. The monoisotopic (exact) mass is 464 g/mol. The molecule has 0 aliphatic carbocycles. The van der Waals surface area contributed by atoms with Crippen molar-refractivity contribution in [2.75, 3.05) is 65.6 Å². The van der Waals surface area contributed by atoms with Gasteiger partial charge in [-0.3, -0.25) is 4.90 Å². The molecule has 8 heteroatoms. The number of methoxy groups -OCH3 is 3. The molecule has 0 spiro atoms. The van der Waals surface area contributed by atoms with Crippen molar-refractivity contribution in [3.05, 3.63) is 46.5 Å². The van der Waals surface area contributed by atoms with Crippen LogP contribution in [0.2, 0.25) is 5.02 Å². The molecule has 176 valence electrons. The number of aliphatic hydroxyl groups is 1. The third-order valence-corrected chi connectivity index (χ3v) is 5.89. The molecule has 1 aliphatic rings. The van der Waals surface area contributed by atoms with E-state index in [9.17, 15) is 5.11 Å². The van der Waals surface area contributed by atoms with E-state index in [1.807, 2.05) is 24.3 Å². The van der Waals surface area contributed by atoms with Crippen LogP contribution in [0.4, 0.5) is 5.69 Å². The summed E-state index contributed by atoms with van der Waals surface area (Å²) in [6, 6.07) is 9.71. The Morgan fingerprint density at radius 2 is 1.62 bits per heavy atom. The second kappa shape index (κ2) is 11.6. The number of nitrogens with zero attached hydrogens (tertiary/aromatic N) is 2. The number of anilines is 1. The number of benzene rings is 2. The van der Waals surface area contributed by atoms with Gasteiger partial charge in [-0.05, 0) is 42.3 Å². The fourth-order valence-corrected chi connectivity index (χ4v) is 4.14. The molecule has 0 amide bonds. The number of hydrogen-bond donors (Lipinski definition) is 1. The molecule has 32 heavy (non-hydrogen) atoms. The Kier molecular flexibility index (Phi) is 8.87. The zero-order valence-corrected chi connectivity index (χ0v) is 20.0. The first-order valence-corrected chi connectivity index (χ1v) is 11.1.